The Labute approximate surface area is 198 Å². The molecular formula is C24H25N5O3S. The van der Waals surface area contributed by atoms with E-state index in [4.69, 9.17) is 5.26 Å². The lowest BCUT2D eigenvalue weighted by Gasteiger charge is -2.33. The van der Waals surface area contributed by atoms with Gasteiger partial charge in [0.2, 0.25) is 17.7 Å². The lowest BCUT2D eigenvalue weighted by atomic mass is 10.0. The van der Waals surface area contributed by atoms with Gasteiger partial charge in [-0.15, -0.1) is 0 Å². The largest absolute Gasteiger partial charge is 0.344 e. The molecule has 2 aromatic rings. The van der Waals surface area contributed by atoms with Crippen LogP contribution in [0.1, 0.15) is 30.4 Å². The van der Waals surface area contributed by atoms with Crippen LogP contribution in [-0.2, 0) is 20.8 Å². The predicted octanol–water partition coefficient (Wildman–Crippen LogP) is 2.27. The van der Waals surface area contributed by atoms with Crippen molar-refractivity contribution in [3.8, 4) is 6.07 Å². The molecule has 8 nitrogen and oxygen atoms in total. The molecule has 0 aliphatic carbocycles. The van der Waals surface area contributed by atoms with Crippen LogP contribution in [0, 0.1) is 11.3 Å². The van der Waals surface area contributed by atoms with Crippen LogP contribution >= 0.6 is 12.8 Å². The minimum atomic E-state index is -0.805. The normalized spacial score (nSPS) is 18.2. The first-order chi connectivity index (χ1) is 16.0. The van der Waals surface area contributed by atoms with E-state index in [1.807, 2.05) is 18.2 Å². The van der Waals surface area contributed by atoms with E-state index in [-0.39, 0.29) is 18.2 Å². The molecule has 3 amide bonds. The monoisotopic (exact) mass is 463 g/mol. The quantitative estimate of drug-likeness (QED) is 0.570. The van der Waals surface area contributed by atoms with E-state index in [1.165, 1.54) is 4.31 Å². The van der Waals surface area contributed by atoms with Crippen molar-refractivity contribution >= 4 is 41.9 Å². The van der Waals surface area contributed by atoms with Gasteiger partial charge in [0.1, 0.15) is 12.1 Å². The number of hydrogen-bond acceptors (Lipinski definition) is 6. The van der Waals surface area contributed by atoms with E-state index in [2.05, 4.69) is 29.5 Å². The molecule has 9 heteroatoms. The van der Waals surface area contributed by atoms with Gasteiger partial charge in [0, 0.05) is 19.5 Å². The Morgan fingerprint density at radius 3 is 2.55 bits per heavy atom. The summed E-state index contributed by atoms with van der Waals surface area (Å²) in [7, 11) is 0. The van der Waals surface area contributed by atoms with Crippen molar-refractivity contribution < 1.29 is 14.4 Å². The van der Waals surface area contributed by atoms with E-state index in [0.717, 1.165) is 18.4 Å². The lowest BCUT2D eigenvalue weighted by Crippen LogP contribution is -2.51. The molecule has 1 fully saturated rings. The van der Waals surface area contributed by atoms with E-state index >= 15 is 0 Å². The fourth-order valence-corrected chi connectivity index (χ4v) is 4.55. The average Bonchev–Trinajstić information content (AvgIpc) is 3.36. The van der Waals surface area contributed by atoms with Gasteiger partial charge >= 0.3 is 0 Å². The third-order valence-corrected chi connectivity index (χ3v) is 6.45. The summed E-state index contributed by atoms with van der Waals surface area (Å²) in [5, 5.41) is 14.7. The number of nitrogens with one attached hydrogen (secondary N) is 2. The van der Waals surface area contributed by atoms with Crippen LogP contribution < -0.4 is 14.9 Å². The number of rotatable bonds is 6. The number of fused-ring (bicyclic) bond motifs is 1. The molecule has 2 aliphatic heterocycles. The van der Waals surface area contributed by atoms with Crippen molar-refractivity contribution in [2.24, 2.45) is 0 Å². The Balaban J connectivity index is 1.47. The zero-order chi connectivity index (χ0) is 23.4. The third kappa shape index (κ3) is 5.12. The summed E-state index contributed by atoms with van der Waals surface area (Å²) in [5.74, 6) is -0.862. The summed E-state index contributed by atoms with van der Waals surface area (Å²) < 4.78 is 1.49. The van der Waals surface area contributed by atoms with Crippen molar-refractivity contribution in [2.75, 3.05) is 22.7 Å². The van der Waals surface area contributed by atoms with Gasteiger partial charge in [-0.05, 0) is 42.7 Å². The highest BCUT2D eigenvalue weighted by Crippen LogP contribution is 2.33. The summed E-state index contributed by atoms with van der Waals surface area (Å²) in [4.78, 5) is 40.5. The van der Waals surface area contributed by atoms with Gasteiger partial charge in [0.05, 0.1) is 29.4 Å². The van der Waals surface area contributed by atoms with E-state index < -0.39 is 18.0 Å². The van der Waals surface area contributed by atoms with Gasteiger partial charge in [-0.3, -0.25) is 14.4 Å². The number of likely N-dealkylation sites (tertiary alicyclic amines) is 1. The first kappa shape index (κ1) is 22.7. The Morgan fingerprint density at radius 1 is 1.15 bits per heavy atom. The molecule has 4 rings (SSSR count). The molecule has 2 aliphatic rings. The fraction of sp³-hybridized carbons (Fsp3) is 0.333. The van der Waals surface area contributed by atoms with Crippen molar-refractivity contribution in [2.45, 2.75) is 37.8 Å². The highest BCUT2D eigenvalue weighted by molar-refractivity contribution is 7.81. The molecule has 0 radical (unpaired) electrons. The third-order valence-electron chi connectivity index (χ3n) is 5.96. The molecule has 2 unspecified atom stereocenters. The second-order valence-electron chi connectivity index (χ2n) is 8.24. The maximum atomic E-state index is 13.1. The molecule has 170 valence electrons. The molecule has 2 aromatic carbocycles. The number of hydrogen-bond donors (Lipinski definition) is 3. The van der Waals surface area contributed by atoms with Crippen LogP contribution in [0.2, 0.25) is 0 Å². The number of benzene rings is 2. The Hall–Kier alpha value is -3.51. The number of carbonyl (C=O) groups excluding carboxylic acids is 3. The van der Waals surface area contributed by atoms with Crippen LogP contribution in [0.4, 0.5) is 11.4 Å². The molecule has 1 saturated heterocycles. The van der Waals surface area contributed by atoms with Gasteiger partial charge in [-0.2, -0.15) is 5.26 Å². The molecule has 0 saturated carbocycles. The summed E-state index contributed by atoms with van der Waals surface area (Å²) >= 11 is 4.46. The summed E-state index contributed by atoms with van der Waals surface area (Å²) in [6.07, 6.45) is 2.05. The predicted molar refractivity (Wildman–Crippen MR) is 128 cm³/mol. The number of nitriles is 1. The maximum Gasteiger partial charge on any atom is 0.248 e. The maximum absolute atomic E-state index is 13.1. The molecule has 33 heavy (non-hydrogen) atoms. The number of carbonyl (C=O) groups is 3. The number of thiol groups is 1. The van der Waals surface area contributed by atoms with Crippen LogP contribution in [0.15, 0.2) is 48.5 Å². The minimum Gasteiger partial charge on any atom is -0.344 e. The highest BCUT2D eigenvalue weighted by atomic mass is 32.1. The topological polar surface area (TPSA) is 106 Å². The molecule has 0 aromatic heterocycles. The second kappa shape index (κ2) is 9.96. The zero-order valence-electron chi connectivity index (χ0n) is 18.0. The second-order valence-corrected chi connectivity index (χ2v) is 8.67. The molecule has 0 spiro atoms. The lowest BCUT2D eigenvalue weighted by molar-refractivity contribution is -0.135. The van der Waals surface area contributed by atoms with Crippen molar-refractivity contribution in [3.63, 3.8) is 0 Å². The zero-order valence-corrected chi connectivity index (χ0v) is 18.9. The van der Waals surface area contributed by atoms with Gasteiger partial charge in [0.15, 0.2) is 0 Å². The molecule has 0 bridgehead atoms. The van der Waals surface area contributed by atoms with Crippen molar-refractivity contribution in [3.05, 3.63) is 59.7 Å². The Morgan fingerprint density at radius 2 is 1.85 bits per heavy atom. The van der Waals surface area contributed by atoms with Crippen molar-refractivity contribution in [1.82, 2.24) is 10.2 Å². The summed E-state index contributed by atoms with van der Waals surface area (Å²) in [6, 6.07) is 14.7. The Kier molecular flexibility index (Phi) is 6.84. The molecule has 2 atom stereocenters. The number of anilines is 2. The first-order valence-electron chi connectivity index (χ1n) is 10.9. The van der Waals surface area contributed by atoms with E-state index in [1.54, 1.807) is 35.2 Å². The van der Waals surface area contributed by atoms with Gasteiger partial charge in [-0.25, -0.2) is 0 Å². The highest BCUT2D eigenvalue weighted by Gasteiger charge is 2.35. The number of nitrogens with zero attached hydrogens (tertiary/aromatic N) is 3. The van der Waals surface area contributed by atoms with Gasteiger partial charge < -0.3 is 19.8 Å². The molecule has 2 N–H and O–H groups in total. The molecular weight excluding hydrogens is 438 g/mol. The van der Waals surface area contributed by atoms with Crippen LogP contribution in [0.25, 0.3) is 0 Å². The first-order valence-corrected chi connectivity index (χ1v) is 11.3. The van der Waals surface area contributed by atoms with Crippen molar-refractivity contribution in [1.29, 1.82) is 5.26 Å². The van der Waals surface area contributed by atoms with Gasteiger partial charge in [-0.1, -0.05) is 37.1 Å². The standard InChI is InChI=1S/C24H25N5O3S/c25-15-17-9-7-16(8-10-17)13-19(24(32)28-11-3-4-12-28)26-22(30)14-21-23(31)27-18-5-1-2-6-20(18)29(21)33/h1-2,5-10,19,21,33H,3-4,11-14H2,(H,26,30)(H,27,31). The van der Waals surface area contributed by atoms with Crippen LogP contribution in [-0.4, -0.2) is 47.8 Å². The average molecular weight is 464 g/mol. The summed E-state index contributed by atoms with van der Waals surface area (Å²) in [5.41, 5.74) is 2.72. The number of para-hydroxylation sites is 2. The van der Waals surface area contributed by atoms with Crippen LogP contribution in [0.3, 0.4) is 0 Å². The summed E-state index contributed by atoms with van der Waals surface area (Å²) in [6.45, 7) is 1.34. The number of amides is 3. The molecule has 2 heterocycles. The van der Waals surface area contributed by atoms with E-state index in [9.17, 15) is 14.4 Å². The SMILES string of the molecule is N#Cc1ccc(CC(NC(=O)CC2C(=O)Nc3ccccc3N2S)C(=O)N2CCCC2)cc1. The fourth-order valence-electron chi connectivity index (χ4n) is 4.19. The van der Waals surface area contributed by atoms with Crippen LogP contribution in [0.5, 0.6) is 0 Å². The van der Waals surface area contributed by atoms with E-state index in [0.29, 0.717) is 36.4 Å². The minimum absolute atomic E-state index is 0.133. The van der Waals surface area contributed by atoms with Gasteiger partial charge in [0.25, 0.3) is 0 Å². The Bertz CT molecular complexity index is 1090. The smallest absolute Gasteiger partial charge is 0.248 e.